The fourth-order valence-corrected chi connectivity index (χ4v) is 3.38. The molecule has 114 valence electrons. The molecule has 4 nitrogen and oxygen atoms in total. The summed E-state index contributed by atoms with van der Waals surface area (Å²) in [4.78, 5) is 15.6. The third-order valence-electron chi connectivity index (χ3n) is 4.75. The van der Waals surface area contributed by atoms with E-state index in [9.17, 15) is 4.79 Å². The number of carbonyl (C=O) groups excluding carboxylic acids is 1. The molecule has 2 N–H and O–H groups in total. The lowest BCUT2D eigenvalue weighted by Gasteiger charge is -2.29. The molecule has 0 aliphatic heterocycles. The average molecular weight is 295 g/mol. The van der Waals surface area contributed by atoms with E-state index in [1.807, 2.05) is 19.1 Å². The van der Waals surface area contributed by atoms with Crippen molar-refractivity contribution >= 4 is 16.8 Å². The molecule has 1 amide bonds. The van der Waals surface area contributed by atoms with Gasteiger partial charge in [0.05, 0.1) is 11.6 Å². The first-order valence-corrected chi connectivity index (χ1v) is 7.93. The molecule has 1 aliphatic rings. The highest BCUT2D eigenvalue weighted by molar-refractivity contribution is 5.99. The van der Waals surface area contributed by atoms with Crippen LogP contribution >= 0.6 is 0 Å². The van der Waals surface area contributed by atoms with Gasteiger partial charge in [-0.05, 0) is 49.4 Å². The molecule has 0 radical (unpaired) electrons. The number of hydrogen-bond acceptors (Lipinski definition) is 2. The van der Waals surface area contributed by atoms with Crippen LogP contribution in [0, 0.1) is 24.2 Å². The number of aryl methyl sites for hydroxylation is 1. The van der Waals surface area contributed by atoms with Crippen LogP contribution in [0.5, 0.6) is 0 Å². The zero-order chi connectivity index (χ0) is 15.7. The number of amides is 1. The number of nitrogens with zero attached hydrogens (tertiary/aromatic N) is 1. The van der Waals surface area contributed by atoms with E-state index in [-0.39, 0.29) is 11.9 Å². The summed E-state index contributed by atoms with van der Waals surface area (Å²) in [6.07, 6.45) is 4.69. The Balaban J connectivity index is 1.85. The van der Waals surface area contributed by atoms with Crippen LogP contribution in [-0.2, 0) is 0 Å². The van der Waals surface area contributed by atoms with E-state index >= 15 is 0 Å². The molecular formula is C18H21N3O. The summed E-state index contributed by atoms with van der Waals surface area (Å²) < 4.78 is 0. The molecule has 4 heteroatoms. The van der Waals surface area contributed by atoms with Crippen molar-refractivity contribution in [3.8, 4) is 6.07 Å². The molecule has 1 fully saturated rings. The van der Waals surface area contributed by atoms with Crippen molar-refractivity contribution in [1.82, 2.24) is 10.3 Å². The minimum atomic E-state index is -0.0483. The number of hydrogen-bond donors (Lipinski definition) is 2. The van der Waals surface area contributed by atoms with Gasteiger partial charge in [-0.2, -0.15) is 5.26 Å². The second kappa shape index (κ2) is 5.84. The van der Waals surface area contributed by atoms with Gasteiger partial charge < -0.3 is 10.3 Å². The van der Waals surface area contributed by atoms with Crippen molar-refractivity contribution < 1.29 is 4.79 Å². The number of aromatic nitrogens is 1. The number of benzene rings is 1. The Hall–Kier alpha value is -2.28. The Morgan fingerprint density at radius 2 is 2.09 bits per heavy atom. The Bertz CT molecular complexity index is 754. The van der Waals surface area contributed by atoms with Crippen molar-refractivity contribution in [3.05, 3.63) is 35.0 Å². The molecule has 1 heterocycles. The molecule has 2 unspecified atom stereocenters. The Labute approximate surface area is 130 Å². The smallest absolute Gasteiger partial charge is 0.267 e. The second-order valence-corrected chi connectivity index (χ2v) is 6.39. The van der Waals surface area contributed by atoms with Crippen molar-refractivity contribution in [1.29, 1.82) is 5.26 Å². The summed E-state index contributed by atoms with van der Waals surface area (Å²) >= 11 is 0. The van der Waals surface area contributed by atoms with Crippen LogP contribution in [0.25, 0.3) is 10.9 Å². The summed E-state index contributed by atoms with van der Waals surface area (Å²) in [6.45, 7) is 4.17. The van der Waals surface area contributed by atoms with Crippen molar-refractivity contribution in [3.63, 3.8) is 0 Å². The Morgan fingerprint density at radius 3 is 2.82 bits per heavy atom. The minimum absolute atomic E-state index is 0.0483. The number of H-pyrrole nitrogens is 1. The van der Waals surface area contributed by atoms with Crippen LogP contribution in [0.2, 0.25) is 0 Å². The van der Waals surface area contributed by atoms with Gasteiger partial charge in [0.1, 0.15) is 5.69 Å². The highest BCUT2D eigenvalue weighted by atomic mass is 16.1. The van der Waals surface area contributed by atoms with Gasteiger partial charge in [-0.25, -0.2) is 0 Å². The maximum absolute atomic E-state index is 12.5. The van der Waals surface area contributed by atoms with Crippen LogP contribution < -0.4 is 5.32 Å². The lowest BCUT2D eigenvalue weighted by molar-refractivity contribution is 0.0906. The van der Waals surface area contributed by atoms with E-state index in [4.69, 9.17) is 5.26 Å². The normalized spacial score (nSPS) is 21.5. The molecule has 22 heavy (non-hydrogen) atoms. The quantitative estimate of drug-likeness (QED) is 0.887. The van der Waals surface area contributed by atoms with Crippen LogP contribution in [0.15, 0.2) is 18.2 Å². The van der Waals surface area contributed by atoms with E-state index < -0.39 is 0 Å². The number of nitrogens with one attached hydrogen (secondary N) is 2. The number of carbonyl (C=O) groups is 1. The first-order valence-electron chi connectivity index (χ1n) is 7.93. The third-order valence-corrected chi connectivity index (χ3v) is 4.75. The standard InChI is InChI=1S/C18H21N3O/c1-11-5-3-4-6-15(11)21-18(22)17-9-14-12(2)7-13(10-19)8-16(14)20-17/h7-9,11,15,20H,3-6H2,1-2H3,(H,21,22). The molecule has 0 spiro atoms. The van der Waals surface area contributed by atoms with Crippen molar-refractivity contribution in [2.75, 3.05) is 0 Å². The van der Waals surface area contributed by atoms with E-state index in [1.165, 1.54) is 19.3 Å². The van der Waals surface area contributed by atoms with Gasteiger partial charge in [0.25, 0.3) is 5.91 Å². The monoisotopic (exact) mass is 295 g/mol. The average Bonchev–Trinajstić information content (AvgIpc) is 2.94. The van der Waals surface area contributed by atoms with E-state index in [2.05, 4.69) is 23.3 Å². The molecule has 1 aromatic carbocycles. The minimum Gasteiger partial charge on any atom is -0.350 e. The molecular weight excluding hydrogens is 274 g/mol. The summed E-state index contributed by atoms with van der Waals surface area (Å²) in [7, 11) is 0. The Morgan fingerprint density at radius 1 is 1.32 bits per heavy atom. The zero-order valence-electron chi connectivity index (χ0n) is 13.1. The SMILES string of the molecule is Cc1cc(C#N)cc2[nH]c(C(=O)NC3CCCCC3C)cc12. The van der Waals surface area contributed by atoms with Crippen molar-refractivity contribution in [2.24, 2.45) is 5.92 Å². The second-order valence-electron chi connectivity index (χ2n) is 6.39. The zero-order valence-corrected chi connectivity index (χ0v) is 13.1. The van der Waals surface area contributed by atoms with Gasteiger partial charge in [-0.15, -0.1) is 0 Å². The lowest BCUT2D eigenvalue weighted by atomic mass is 9.86. The highest BCUT2D eigenvalue weighted by Gasteiger charge is 2.23. The third kappa shape index (κ3) is 2.71. The van der Waals surface area contributed by atoms with E-state index in [0.29, 0.717) is 17.2 Å². The predicted octanol–water partition coefficient (Wildman–Crippen LogP) is 3.66. The fraction of sp³-hybridized carbons (Fsp3) is 0.444. The van der Waals surface area contributed by atoms with Crippen molar-refractivity contribution in [2.45, 2.75) is 45.6 Å². The van der Waals surface area contributed by atoms with Gasteiger partial charge in [0.15, 0.2) is 0 Å². The largest absolute Gasteiger partial charge is 0.350 e. The molecule has 2 atom stereocenters. The van der Waals surface area contributed by atoms with Crippen LogP contribution in [0.4, 0.5) is 0 Å². The predicted molar refractivity (Wildman–Crippen MR) is 86.6 cm³/mol. The molecule has 1 saturated carbocycles. The van der Waals surface area contributed by atoms with Crippen LogP contribution in [0.1, 0.15) is 54.2 Å². The van der Waals surface area contributed by atoms with Gasteiger partial charge in [-0.1, -0.05) is 19.8 Å². The maximum Gasteiger partial charge on any atom is 0.267 e. The molecule has 2 aromatic rings. The molecule has 3 rings (SSSR count). The highest BCUT2D eigenvalue weighted by Crippen LogP contribution is 2.25. The lowest BCUT2D eigenvalue weighted by Crippen LogP contribution is -2.41. The molecule has 0 saturated heterocycles. The van der Waals surface area contributed by atoms with Gasteiger partial charge >= 0.3 is 0 Å². The Kier molecular flexibility index (Phi) is 3.89. The van der Waals surface area contributed by atoms with Gasteiger partial charge in [-0.3, -0.25) is 4.79 Å². The number of rotatable bonds is 2. The van der Waals surface area contributed by atoms with Crippen LogP contribution in [0.3, 0.4) is 0 Å². The summed E-state index contributed by atoms with van der Waals surface area (Å²) in [6, 6.07) is 7.94. The molecule has 0 bridgehead atoms. The number of nitriles is 1. The fourth-order valence-electron chi connectivity index (χ4n) is 3.38. The maximum atomic E-state index is 12.5. The van der Waals surface area contributed by atoms with E-state index in [0.717, 1.165) is 22.9 Å². The summed E-state index contributed by atoms with van der Waals surface area (Å²) in [5.74, 6) is 0.488. The number of aromatic amines is 1. The molecule has 1 aromatic heterocycles. The first kappa shape index (κ1) is 14.6. The molecule has 1 aliphatic carbocycles. The summed E-state index contributed by atoms with van der Waals surface area (Å²) in [5, 5.41) is 13.2. The van der Waals surface area contributed by atoms with Gasteiger partial charge in [0, 0.05) is 16.9 Å². The topological polar surface area (TPSA) is 68.7 Å². The first-order chi connectivity index (χ1) is 10.6. The van der Waals surface area contributed by atoms with Gasteiger partial charge in [0.2, 0.25) is 0 Å². The van der Waals surface area contributed by atoms with E-state index in [1.54, 1.807) is 6.07 Å². The number of fused-ring (bicyclic) bond motifs is 1. The summed E-state index contributed by atoms with van der Waals surface area (Å²) in [5.41, 5.74) is 3.04. The van der Waals surface area contributed by atoms with Crippen LogP contribution in [-0.4, -0.2) is 16.9 Å².